The fourth-order valence-corrected chi connectivity index (χ4v) is 2.71. The number of benzene rings is 2. The Balaban J connectivity index is 2.27. The summed E-state index contributed by atoms with van der Waals surface area (Å²) in [4.78, 5) is 1.30. The second kappa shape index (κ2) is 4.30. The lowest BCUT2D eigenvalue weighted by Gasteiger charge is -2.09. The van der Waals surface area contributed by atoms with Crippen LogP contribution in [0.5, 0.6) is 0 Å². The first-order valence-corrected chi connectivity index (χ1v) is 6.82. The van der Waals surface area contributed by atoms with Crippen molar-refractivity contribution in [1.29, 1.82) is 0 Å². The Kier molecular flexibility index (Phi) is 2.65. The summed E-state index contributed by atoms with van der Waals surface area (Å²) in [6.45, 7) is 0. The van der Waals surface area contributed by atoms with Gasteiger partial charge in [0.15, 0.2) is 0 Å². The fraction of sp³-hybridized carbons (Fsp3) is 0.0667. The van der Waals surface area contributed by atoms with Crippen molar-refractivity contribution in [2.45, 2.75) is 4.90 Å². The van der Waals surface area contributed by atoms with Gasteiger partial charge in [-0.1, -0.05) is 30.3 Å². The number of rotatable bonds is 2. The molecular weight excluding hydrogens is 226 g/mol. The van der Waals surface area contributed by atoms with E-state index in [0.29, 0.717) is 0 Å². The maximum absolute atomic E-state index is 2.25. The predicted octanol–water partition coefficient (Wildman–Crippen LogP) is 4.35. The average molecular weight is 239 g/mol. The minimum Gasteiger partial charge on any atom is -0.315 e. The Bertz CT molecular complexity index is 655. The monoisotopic (exact) mass is 239 g/mol. The highest BCUT2D eigenvalue weighted by atomic mass is 32.2. The Labute approximate surface area is 105 Å². The van der Waals surface area contributed by atoms with Crippen LogP contribution in [0.1, 0.15) is 0 Å². The molecule has 84 valence electrons. The molecular formula is C15H13NS. The van der Waals surface area contributed by atoms with Gasteiger partial charge in [-0.25, -0.2) is 0 Å². The van der Waals surface area contributed by atoms with E-state index < -0.39 is 0 Å². The first kappa shape index (κ1) is 10.5. The van der Waals surface area contributed by atoms with Gasteiger partial charge in [-0.2, -0.15) is 0 Å². The van der Waals surface area contributed by atoms with Crippen molar-refractivity contribution < 1.29 is 0 Å². The first-order valence-electron chi connectivity index (χ1n) is 5.59. The second-order valence-corrected chi connectivity index (χ2v) is 4.76. The Morgan fingerprint density at radius 2 is 1.65 bits per heavy atom. The third-order valence-electron chi connectivity index (χ3n) is 2.94. The fourth-order valence-electron chi connectivity index (χ4n) is 2.12. The van der Waals surface area contributed by atoms with Gasteiger partial charge in [-0.15, -0.1) is 11.8 Å². The van der Waals surface area contributed by atoms with E-state index in [2.05, 4.69) is 71.6 Å². The van der Waals surface area contributed by atoms with Crippen molar-refractivity contribution >= 4 is 22.7 Å². The Morgan fingerprint density at radius 3 is 2.53 bits per heavy atom. The summed E-state index contributed by atoms with van der Waals surface area (Å²) in [5.41, 5.74) is 2.51. The highest BCUT2D eigenvalue weighted by molar-refractivity contribution is 7.98. The van der Waals surface area contributed by atoms with Gasteiger partial charge in [0, 0.05) is 11.1 Å². The van der Waals surface area contributed by atoms with Crippen LogP contribution in [0.15, 0.2) is 65.7 Å². The Morgan fingerprint density at radius 1 is 0.882 bits per heavy atom. The zero-order valence-corrected chi connectivity index (χ0v) is 10.4. The molecule has 0 spiro atoms. The number of fused-ring (bicyclic) bond motifs is 1. The molecule has 0 N–H and O–H groups in total. The topological polar surface area (TPSA) is 4.93 Å². The van der Waals surface area contributed by atoms with Crippen LogP contribution >= 0.6 is 11.8 Å². The van der Waals surface area contributed by atoms with Crippen LogP contribution in [0.4, 0.5) is 0 Å². The molecule has 0 aliphatic carbocycles. The van der Waals surface area contributed by atoms with E-state index in [0.717, 1.165) is 0 Å². The van der Waals surface area contributed by atoms with Crippen molar-refractivity contribution in [1.82, 2.24) is 4.57 Å². The van der Waals surface area contributed by atoms with Gasteiger partial charge in [0.2, 0.25) is 0 Å². The number of hydrogen-bond acceptors (Lipinski definition) is 1. The van der Waals surface area contributed by atoms with Crippen LogP contribution < -0.4 is 0 Å². The lowest BCUT2D eigenvalue weighted by molar-refractivity contribution is 1.08. The van der Waals surface area contributed by atoms with Crippen molar-refractivity contribution in [2.24, 2.45) is 0 Å². The van der Waals surface area contributed by atoms with Gasteiger partial charge in [0.05, 0.1) is 11.2 Å². The highest BCUT2D eigenvalue weighted by Gasteiger charge is 2.05. The van der Waals surface area contributed by atoms with E-state index in [9.17, 15) is 0 Å². The lowest BCUT2D eigenvalue weighted by atomic mass is 10.2. The second-order valence-electron chi connectivity index (χ2n) is 3.92. The lowest BCUT2D eigenvalue weighted by Crippen LogP contribution is -1.93. The normalized spacial score (nSPS) is 10.9. The van der Waals surface area contributed by atoms with E-state index in [1.807, 2.05) is 0 Å². The summed E-state index contributed by atoms with van der Waals surface area (Å²) in [5.74, 6) is 0. The van der Waals surface area contributed by atoms with E-state index in [1.54, 1.807) is 11.8 Å². The minimum atomic E-state index is 1.25. The molecule has 0 fully saturated rings. The number of hydrogen-bond donors (Lipinski definition) is 0. The van der Waals surface area contributed by atoms with E-state index in [1.165, 1.54) is 21.5 Å². The summed E-state index contributed by atoms with van der Waals surface area (Å²) in [6.07, 6.45) is 4.25. The molecule has 0 atom stereocenters. The molecule has 0 amide bonds. The van der Waals surface area contributed by atoms with Crippen molar-refractivity contribution in [3.63, 3.8) is 0 Å². The summed E-state index contributed by atoms with van der Waals surface area (Å²) in [7, 11) is 0. The zero-order valence-electron chi connectivity index (χ0n) is 9.63. The van der Waals surface area contributed by atoms with E-state index in [4.69, 9.17) is 0 Å². The van der Waals surface area contributed by atoms with Crippen LogP contribution in [0.3, 0.4) is 0 Å². The highest BCUT2D eigenvalue weighted by Crippen LogP contribution is 2.27. The molecule has 3 rings (SSSR count). The molecule has 2 heteroatoms. The van der Waals surface area contributed by atoms with E-state index >= 15 is 0 Å². The van der Waals surface area contributed by atoms with Crippen molar-refractivity contribution in [3.05, 3.63) is 60.8 Å². The number of para-hydroxylation sites is 2. The van der Waals surface area contributed by atoms with Crippen LogP contribution in [-0.4, -0.2) is 10.8 Å². The maximum atomic E-state index is 2.25. The van der Waals surface area contributed by atoms with Gasteiger partial charge >= 0.3 is 0 Å². The third-order valence-corrected chi connectivity index (χ3v) is 3.73. The third kappa shape index (κ3) is 1.75. The molecule has 3 aromatic rings. The molecule has 0 aliphatic heterocycles. The average Bonchev–Trinajstić information content (AvgIpc) is 2.82. The summed E-state index contributed by atoms with van der Waals surface area (Å²) < 4.78 is 2.25. The summed E-state index contributed by atoms with van der Waals surface area (Å²) in [6, 6.07) is 19.1. The maximum Gasteiger partial charge on any atom is 0.0591 e. The molecule has 0 saturated heterocycles. The SMILES string of the molecule is CSc1ccccc1-n1ccc2ccccc21. The molecule has 0 radical (unpaired) electrons. The largest absolute Gasteiger partial charge is 0.315 e. The predicted molar refractivity (Wildman–Crippen MR) is 75.1 cm³/mol. The van der Waals surface area contributed by atoms with Crippen LogP contribution in [0.25, 0.3) is 16.6 Å². The van der Waals surface area contributed by atoms with Gasteiger partial charge in [0.1, 0.15) is 0 Å². The van der Waals surface area contributed by atoms with Crippen LogP contribution in [0.2, 0.25) is 0 Å². The molecule has 1 heterocycles. The summed E-state index contributed by atoms with van der Waals surface area (Å²) >= 11 is 1.78. The molecule has 0 saturated carbocycles. The van der Waals surface area contributed by atoms with Gasteiger partial charge in [-0.05, 0) is 35.9 Å². The Hall–Kier alpha value is -1.67. The molecule has 17 heavy (non-hydrogen) atoms. The van der Waals surface area contributed by atoms with Gasteiger partial charge in [0.25, 0.3) is 0 Å². The van der Waals surface area contributed by atoms with Crippen LogP contribution in [-0.2, 0) is 0 Å². The molecule has 0 unspecified atom stereocenters. The van der Waals surface area contributed by atoms with E-state index in [-0.39, 0.29) is 0 Å². The van der Waals surface area contributed by atoms with Gasteiger partial charge in [-0.3, -0.25) is 0 Å². The smallest absolute Gasteiger partial charge is 0.0591 e. The molecule has 2 aromatic carbocycles. The molecule has 1 nitrogen and oxygen atoms in total. The number of thioether (sulfide) groups is 1. The first-order chi connectivity index (χ1) is 8.40. The number of nitrogens with zero attached hydrogens (tertiary/aromatic N) is 1. The van der Waals surface area contributed by atoms with Gasteiger partial charge < -0.3 is 4.57 Å². The number of aromatic nitrogens is 1. The van der Waals surface area contributed by atoms with Crippen LogP contribution in [0, 0.1) is 0 Å². The molecule has 1 aromatic heterocycles. The van der Waals surface area contributed by atoms with Crippen molar-refractivity contribution in [2.75, 3.05) is 6.26 Å². The molecule has 0 bridgehead atoms. The standard InChI is InChI=1S/C15H13NS/c1-17-15-9-5-4-8-14(15)16-11-10-12-6-2-3-7-13(12)16/h2-11H,1H3. The zero-order chi connectivity index (χ0) is 11.7. The summed E-state index contributed by atoms with van der Waals surface area (Å²) in [5, 5.41) is 1.28. The minimum absolute atomic E-state index is 1.25. The molecule has 0 aliphatic rings. The van der Waals surface area contributed by atoms with Crippen molar-refractivity contribution in [3.8, 4) is 5.69 Å². The quantitative estimate of drug-likeness (QED) is 0.602.